The molecule has 130 valence electrons. The van der Waals surface area contributed by atoms with Crippen LogP contribution in [0.5, 0.6) is 0 Å². The molecule has 0 aliphatic rings. The number of nitrogens with one attached hydrogen (secondary N) is 1. The first-order chi connectivity index (χ1) is 11.8. The molecule has 25 heavy (non-hydrogen) atoms. The van der Waals surface area contributed by atoms with Gasteiger partial charge in [-0.2, -0.15) is 0 Å². The van der Waals surface area contributed by atoms with Crippen molar-refractivity contribution in [2.24, 2.45) is 0 Å². The summed E-state index contributed by atoms with van der Waals surface area (Å²) in [6, 6.07) is 11.5. The van der Waals surface area contributed by atoms with Gasteiger partial charge < -0.3 is 4.42 Å². The number of benzene rings is 2. The van der Waals surface area contributed by atoms with E-state index in [1.807, 2.05) is 13.8 Å². The van der Waals surface area contributed by atoms with Crippen LogP contribution >= 0.6 is 11.6 Å². The molecule has 3 rings (SSSR count). The second-order valence-electron chi connectivity index (χ2n) is 5.73. The van der Waals surface area contributed by atoms with Gasteiger partial charge in [0.2, 0.25) is 0 Å². The maximum absolute atomic E-state index is 12.5. The van der Waals surface area contributed by atoms with Crippen LogP contribution in [0.25, 0.3) is 11.3 Å². The SMILES string of the molecule is Cc1nc(-c2ccc(S(=O)(=O)Nc3ccc(C)c(Cl)c3)cc2)c(C)o1. The summed E-state index contributed by atoms with van der Waals surface area (Å²) in [5.74, 6) is 1.27. The summed E-state index contributed by atoms with van der Waals surface area (Å²) in [7, 11) is -3.70. The normalized spacial score (nSPS) is 11.5. The molecule has 0 saturated carbocycles. The average Bonchev–Trinajstić information content (AvgIpc) is 2.89. The predicted octanol–water partition coefficient (Wildman–Crippen LogP) is 4.72. The molecule has 0 amide bonds. The van der Waals surface area contributed by atoms with E-state index in [4.69, 9.17) is 16.0 Å². The molecular weight excluding hydrogens is 360 g/mol. The Balaban J connectivity index is 1.87. The van der Waals surface area contributed by atoms with E-state index in [0.717, 1.165) is 11.1 Å². The standard InChI is InChI=1S/C18H17ClN2O3S/c1-11-4-7-15(10-17(11)19)21-25(22,23)16-8-5-14(6-9-16)18-12(2)24-13(3)20-18/h4-10,21H,1-3H3. The number of anilines is 1. The Labute approximate surface area is 151 Å². The van der Waals surface area contributed by atoms with Gasteiger partial charge in [-0.1, -0.05) is 29.8 Å². The number of hydrogen-bond acceptors (Lipinski definition) is 4. The second kappa shape index (κ2) is 6.54. The van der Waals surface area contributed by atoms with E-state index in [2.05, 4.69) is 9.71 Å². The summed E-state index contributed by atoms with van der Waals surface area (Å²) in [6.07, 6.45) is 0. The van der Waals surface area contributed by atoms with Crippen molar-refractivity contribution in [1.82, 2.24) is 4.98 Å². The molecule has 2 aromatic carbocycles. The Morgan fingerprint density at radius 1 is 1.04 bits per heavy atom. The third kappa shape index (κ3) is 3.70. The fraction of sp³-hybridized carbons (Fsp3) is 0.167. The van der Waals surface area contributed by atoms with Gasteiger partial charge in [-0.15, -0.1) is 0 Å². The van der Waals surface area contributed by atoms with Crippen LogP contribution in [0, 0.1) is 20.8 Å². The summed E-state index contributed by atoms with van der Waals surface area (Å²) in [5.41, 5.74) is 2.81. The number of rotatable bonds is 4. The molecular formula is C18H17ClN2O3S. The molecule has 0 spiro atoms. The largest absolute Gasteiger partial charge is 0.446 e. The first-order valence-corrected chi connectivity index (χ1v) is 9.46. The predicted molar refractivity (Wildman–Crippen MR) is 98.4 cm³/mol. The van der Waals surface area contributed by atoms with Crippen molar-refractivity contribution >= 4 is 27.3 Å². The Morgan fingerprint density at radius 2 is 1.72 bits per heavy atom. The molecule has 0 unspecified atom stereocenters. The number of oxazole rings is 1. The smallest absolute Gasteiger partial charge is 0.261 e. The molecule has 3 aromatic rings. The molecule has 0 fully saturated rings. The van der Waals surface area contributed by atoms with E-state index in [9.17, 15) is 8.42 Å². The van der Waals surface area contributed by atoms with Crippen molar-refractivity contribution in [2.75, 3.05) is 4.72 Å². The van der Waals surface area contributed by atoms with E-state index < -0.39 is 10.0 Å². The number of nitrogens with zero attached hydrogens (tertiary/aromatic N) is 1. The van der Waals surface area contributed by atoms with Gasteiger partial charge in [0.05, 0.1) is 10.6 Å². The zero-order chi connectivity index (χ0) is 18.2. The quantitative estimate of drug-likeness (QED) is 0.715. The van der Waals surface area contributed by atoms with Gasteiger partial charge in [0.15, 0.2) is 5.89 Å². The van der Waals surface area contributed by atoms with Gasteiger partial charge in [0.1, 0.15) is 11.5 Å². The Morgan fingerprint density at radius 3 is 2.28 bits per heavy atom. The van der Waals surface area contributed by atoms with Gasteiger partial charge in [0, 0.05) is 17.5 Å². The summed E-state index contributed by atoms with van der Waals surface area (Å²) in [6.45, 7) is 5.45. The summed E-state index contributed by atoms with van der Waals surface area (Å²) < 4.78 is 33.0. The topological polar surface area (TPSA) is 72.2 Å². The summed E-state index contributed by atoms with van der Waals surface area (Å²) in [5, 5.41) is 0.507. The van der Waals surface area contributed by atoms with Crippen LogP contribution in [0.4, 0.5) is 5.69 Å². The van der Waals surface area contributed by atoms with Crippen LogP contribution in [0.2, 0.25) is 5.02 Å². The highest BCUT2D eigenvalue weighted by Gasteiger charge is 2.16. The van der Waals surface area contributed by atoms with Crippen LogP contribution < -0.4 is 4.72 Å². The van der Waals surface area contributed by atoms with Crippen molar-refractivity contribution in [3.63, 3.8) is 0 Å². The zero-order valence-electron chi connectivity index (χ0n) is 14.0. The minimum absolute atomic E-state index is 0.158. The van der Waals surface area contributed by atoms with Crippen LogP contribution in [0.15, 0.2) is 51.8 Å². The fourth-order valence-electron chi connectivity index (χ4n) is 2.46. The van der Waals surface area contributed by atoms with Gasteiger partial charge in [-0.25, -0.2) is 13.4 Å². The van der Waals surface area contributed by atoms with Crippen LogP contribution in [-0.2, 0) is 10.0 Å². The Hall–Kier alpha value is -2.31. The van der Waals surface area contributed by atoms with E-state index in [-0.39, 0.29) is 4.90 Å². The lowest BCUT2D eigenvalue weighted by atomic mass is 10.1. The average molecular weight is 377 g/mol. The summed E-state index contributed by atoms with van der Waals surface area (Å²) in [4.78, 5) is 4.47. The molecule has 0 aliphatic carbocycles. The molecule has 0 radical (unpaired) electrons. The van der Waals surface area contributed by atoms with Crippen molar-refractivity contribution in [3.8, 4) is 11.3 Å². The third-order valence-electron chi connectivity index (χ3n) is 3.77. The van der Waals surface area contributed by atoms with Crippen LogP contribution in [-0.4, -0.2) is 13.4 Å². The maximum Gasteiger partial charge on any atom is 0.261 e. The van der Waals surface area contributed by atoms with E-state index in [1.165, 1.54) is 12.1 Å². The van der Waals surface area contributed by atoms with Gasteiger partial charge in [-0.05, 0) is 43.7 Å². The van der Waals surface area contributed by atoms with Gasteiger partial charge >= 0.3 is 0 Å². The van der Waals surface area contributed by atoms with Crippen molar-refractivity contribution in [1.29, 1.82) is 0 Å². The third-order valence-corrected chi connectivity index (χ3v) is 5.57. The Kier molecular flexibility index (Phi) is 4.58. The molecule has 0 saturated heterocycles. The molecule has 5 nitrogen and oxygen atoms in total. The fourth-order valence-corrected chi connectivity index (χ4v) is 3.69. The number of hydrogen-bond donors (Lipinski definition) is 1. The highest BCUT2D eigenvalue weighted by molar-refractivity contribution is 7.92. The van der Waals surface area contributed by atoms with Crippen LogP contribution in [0.1, 0.15) is 17.2 Å². The number of sulfonamides is 1. The lowest BCUT2D eigenvalue weighted by molar-refractivity contribution is 0.495. The van der Waals surface area contributed by atoms with Crippen molar-refractivity contribution in [2.45, 2.75) is 25.7 Å². The molecule has 0 aliphatic heterocycles. The zero-order valence-corrected chi connectivity index (χ0v) is 15.6. The monoisotopic (exact) mass is 376 g/mol. The lowest BCUT2D eigenvalue weighted by Gasteiger charge is -2.09. The lowest BCUT2D eigenvalue weighted by Crippen LogP contribution is -2.12. The molecule has 0 bridgehead atoms. The van der Waals surface area contributed by atoms with Crippen molar-refractivity contribution < 1.29 is 12.8 Å². The van der Waals surface area contributed by atoms with E-state index >= 15 is 0 Å². The second-order valence-corrected chi connectivity index (χ2v) is 7.82. The molecule has 1 N–H and O–H groups in total. The highest BCUT2D eigenvalue weighted by Crippen LogP contribution is 2.26. The van der Waals surface area contributed by atoms with E-state index in [1.54, 1.807) is 37.3 Å². The highest BCUT2D eigenvalue weighted by atomic mass is 35.5. The molecule has 0 atom stereocenters. The minimum Gasteiger partial charge on any atom is -0.446 e. The molecule has 7 heteroatoms. The number of halogens is 1. The first kappa shape index (κ1) is 17.5. The minimum atomic E-state index is -3.70. The maximum atomic E-state index is 12.5. The van der Waals surface area contributed by atoms with E-state index in [0.29, 0.717) is 28.1 Å². The van der Waals surface area contributed by atoms with Crippen molar-refractivity contribution in [3.05, 3.63) is 64.7 Å². The van der Waals surface area contributed by atoms with Gasteiger partial charge in [-0.3, -0.25) is 4.72 Å². The number of aromatic nitrogens is 1. The van der Waals surface area contributed by atoms with Crippen LogP contribution in [0.3, 0.4) is 0 Å². The summed E-state index contributed by atoms with van der Waals surface area (Å²) >= 11 is 6.04. The first-order valence-electron chi connectivity index (χ1n) is 7.60. The molecule has 1 aromatic heterocycles. The molecule has 1 heterocycles. The van der Waals surface area contributed by atoms with Gasteiger partial charge in [0.25, 0.3) is 10.0 Å². The Bertz CT molecular complexity index is 1020. The number of aryl methyl sites for hydroxylation is 3.